The maximum atomic E-state index is 10.7. The summed E-state index contributed by atoms with van der Waals surface area (Å²) in [6.07, 6.45) is 0.665. The van der Waals surface area contributed by atoms with E-state index in [1.807, 2.05) is 13.8 Å². The second kappa shape index (κ2) is 11.4. The molecule has 0 atom stereocenters. The van der Waals surface area contributed by atoms with Crippen LogP contribution in [0.5, 0.6) is 0 Å². The van der Waals surface area contributed by atoms with Crippen molar-refractivity contribution in [3.63, 3.8) is 0 Å². The minimum absolute atomic E-state index is 0.277. The smallest absolute Gasteiger partial charge is 0.466 e. The molecule has 0 aliphatic heterocycles. The van der Waals surface area contributed by atoms with Crippen molar-refractivity contribution in [2.24, 2.45) is 0 Å². The van der Waals surface area contributed by atoms with Crippen LogP contribution >= 0.6 is 0 Å². The Morgan fingerprint density at radius 1 is 1.00 bits per heavy atom. The summed E-state index contributed by atoms with van der Waals surface area (Å²) in [6.45, 7) is 7.58. The molecule has 0 fully saturated rings. The lowest BCUT2D eigenvalue weighted by molar-refractivity contribution is -0.141. The van der Waals surface area contributed by atoms with E-state index >= 15 is 0 Å². The molecule has 0 aromatic heterocycles. The minimum Gasteiger partial charge on any atom is -0.466 e. The molecule has 6 nitrogen and oxygen atoms in total. The van der Waals surface area contributed by atoms with Crippen LogP contribution in [0.1, 0.15) is 27.2 Å². The summed E-state index contributed by atoms with van der Waals surface area (Å²) >= 11 is 0. The van der Waals surface area contributed by atoms with Crippen molar-refractivity contribution in [1.82, 2.24) is 0 Å². The van der Waals surface area contributed by atoms with Gasteiger partial charge in [-0.3, -0.25) is 4.79 Å². The quantitative estimate of drug-likeness (QED) is 0.309. The predicted octanol–water partition coefficient (Wildman–Crippen LogP) is 1.61. The molecule has 0 spiro atoms. The molecule has 0 heterocycles. The van der Waals surface area contributed by atoms with Gasteiger partial charge in [0, 0.05) is 33.3 Å². The van der Waals surface area contributed by atoms with Crippen LogP contribution in [0.3, 0.4) is 0 Å². The second-order valence-electron chi connectivity index (χ2n) is 3.83. The highest BCUT2D eigenvalue weighted by Gasteiger charge is 2.40. The molecule has 0 rings (SSSR count). The molecule has 7 heteroatoms. The zero-order valence-electron chi connectivity index (χ0n) is 12.4. The average molecular weight is 294 g/mol. The topological polar surface area (TPSA) is 63.2 Å². The van der Waals surface area contributed by atoms with Crippen molar-refractivity contribution < 1.29 is 27.5 Å². The lowest BCUT2D eigenvalue weighted by Gasteiger charge is -2.28. The highest BCUT2D eigenvalue weighted by atomic mass is 28.4. The van der Waals surface area contributed by atoms with Crippen molar-refractivity contribution in [3.05, 3.63) is 0 Å². The van der Waals surface area contributed by atoms with Gasteiger partial charge in [0.05, 0.1) is 19.8 Å². The largest absolute Gasteiger partial charge is 0.501 e. The third-order valence-corrected chi connectivity index (χ3v) is 5.34. The van der Waals surface area contributed by atoms with E-state index in [4.69, 9.17) is 22.8 Å². The Bertz CT molecular complexity index is 230. The first-order chi connectivity index (χ1) is 9.10. The average Bonchev–Trinajstić information content (AvgIpc) is 2.35. The van der Waals surface area contributed by atoms with Gasteiger partial charge in [-0.15, -0.1) is 0 Å². The zero-order chi connectivity index (χ0) is 14.6. The minimum atomic E-state index is -2.68. The van der Waals surface area contributed by atoms with Crippen LogP contribution in [0, 0.1) is 0 Å². The number of carbonyl (C=O) groups excluding carboxylic acids is 1. The molecule has 0 aliphatic rings. The van der Waals surface area contributed by atoms with Crippen LogP contribution in [0.4, 0.5) is 0 Å². The Morgan fingerprint density at radius 2 is 1.63 bits per heavy atom. The molecule has 0 unspecified atom stereocenters. The van der Waals surface area contributed by atoms with Gasteiger partial charge in [-0.25, -0.2) is 0 Å². The lowest BCUT2D eigenvalue weighted by Crippen LogP contribution is -2.46. The molecule has 114 valence electrons. The molecule has 0 aromatic rings. The lowest BCUT2D eigenvalue weighted by atomic mass is 10.5. The standard InChI is InChI=1S/C12H26O6Si/c1-5-16-19(17-6-2,18-10-9-14-4)11-7-8-15-12(3)13/h5-11H2,1-4H3. The van der Waals surface area contributed by atoms with E-state index in [9.17, 15) is 4.79 Å². The van der Waals surface area contributed by atoms with Crippen LogP contribution in [0.25, 0.3) is 0 Å². The van der Waals surface area contributed by atoms with Crippen LogP contribution in [-0.4, -0.2) is 54.9 Å². The highest BCUT2D eigenvalue weighted by molar-refractivity contribution is 6.60. The van der Waals surface area contributed by atoms with Crippen molar-refractivity contribution >= 4 is 14.8 Å². The number of carbonyl (C=O) groups is 1. The van der Waals surface area contributed by atoms with E-state index in [0.29, 0.717) is 45.5 Å². The summed E-state index contributed by atoms with van der Waals surface area (Å²) in [5.74, 6) is -0.277. The Hall–Kier alpha value is -0.473. The van der Waals surface area contributed by atoms with Crippen molar-refractivity contribution in [2.75, 3.05) is 40.1 Å². The molecule has 0 N–H and O–H groups in total. The fourth-order valence-electron chi connectivity index (χ4n) is 1.57. The molecule has 0 aliphatic carbocycles. The molecule has 0 aromatic carbocycles. The van der Waals surface area contributed by atoms with Gasteiger partial charge in [-0.1, -0.05) is 0 Å². The first-order valence-corrected chi connectivity index (χ1v) is 8.57. The fourth-order valence-corrected chi connectivity index (χ4v) is 4.10. The van der Waals surface area contributed by atoms with E-state index < -0.39 is 8.80 Å². The van der Waals surface area contributed by atoms with Gasteiger partial charge in [-0.05, 0) is 20.3 Å². The molecule has 0 bridgehead atoms. The molecule has 0 amide bonds. The summed E-state index contributed by atoms with van der Waals surface area (Å²) in [5, 5.41) is 0. The molecule has 0 radical (unpaired) electrons. The third kappa shape index (κ3) is 9.12. The van der Waals surface area contributed by atoms with Crippen molar-refractivity contribution in [1.29, 1.82) is 0 Å². The molecule has 0 saturated carbocycles. The zero-order valence-corrected chi connectivity index (χ0v) is 13.4. The summed E-state index contributed by atoms with van der Waals surface area (Å²) in [4.78, 5) is 10.7. The van der Waals surface area contributed by atoms with Crippen LogP contribution in [-0.2, 0) is 27.5 Å². The van der Waals surface area contributed by atoms with Crippen molar-refractivity contribution in [3.8, 4) is 0 Å². The summed E-state index contributed by atoms with van der Waals surface area (Å²) in [5.41, 5.74) is 0. The number of esters is 1. The Kier molecular flexibility index (Phi) is 11.1. The normalized spacial score (nSPS) is 11.6. The van der Waals surface area contributed by atoms with Crippen molar-refractivity contribution in [2.45, 2.75) is 33.2 Å². The van der Waals surface area contributed by atoms with Crippen LogP contribution in [0.15, 0.2) is 0 Å². The van der Waals surface area contributed by atoms with Gasteiger partial charge >= 0.3 is 14.8 Å². The summed E-state index contributed by atoms with van der Waals surface area (Å²) in [7, 11) is -1.06. The summed E-state index contributed by atoms with van der Waals surface area (Å²) in [6, 6.07) is 0.631. The van der Waals surface area contributed by atoms with Gasteiger partial charge in [0.25, 0.3) is 0 Å². The van der Waals surface area contributed by atoms with E-state index in [-0.39, 0.29) is 5.97 Å². The SMILES string of the molecule is CCO[Si](CCCOC(C)=O)(OCC)OCCOC. The van der Waals surface area contributed by atoms with Gasteiger partial charge in [0.1, 0.15) is 0 Å². The molecule has 19 heavy (non-hydrogen) atoms. The fraction of sp³-hybridized carbons (Fsp3) is 0.917. The predicted molar refractivity (Wildman–Crippen MR) is 72.9 cm³/mol. The van der Waals surface area contributed by atoms with Crippen LogP contribution in [0.2, 0.25) is 6.04 Å². The van der Waals surface area contributed by atoms with E-state index in [2.05, 4.69) is 0 Å². The second-order valence-corrected chi connectivity index (χ2v) is 6.57. The first kappa shape index (κ1) is 18.5. The van der Waals surface area contributed by atoms with Gasteiger partial charge in [0.15, 0.2) is 0 Å². The molecule has 0 saturated heterocycles. The van der Waals surface area contributed by atoms with E-state index in [0.717, 1.165) is 0 Å². The van der Waals surface area contributed by atoms with E-state index in [1.54, 1.807) is 7.11 Å². The molecular weight excluding hydrogens is 268 g/mol. The highest BCUT2D eigenvalue weighted by Crippen LogP contribution is 2.18. The van der Waals surface area contributed by atoms with Gasteiger partial charge < -0.3 is 22.8 Å². The number of hydrogen-bond acceptors (Lipinski definition) is 6. The van der Waals surface area contributed by atoms with Gasteiger partial charge in [0.2, 0.25) is 0 Å². The number of ether oxygens (including phenoxy) is 2. The number of rotatable bonds is 12. The Labute approximate surface area is 116 Å². The van der Waals surface area contributed by atoms with Crippen LogP contribution < -0.4 is 0 Å². The number of hydrogen-bond donors (Lipinski definition) is 0. The Balaban J connectivity index is 4.29. The summed E-state index contributed by atoms with van der Waals surface area (Å²) < 4.78 is 27.1. The van der Waals surface area contributed by atoms with Gasteiger partial charge in [-0.2, -0.15) is 0 Å². The first-order valence-electron chi connectivity index (χ1n) is 6.64. The maximum Gasteiger partial charge on any atom is 0.501 e. The number of methoxy groups -OCH3 is 1. The maximum absolute atomic E-state index is 10.7. The molecular formula is C12H26O6Si. The Morgan fingerprint density at radius 3 is 2.11 bits per heavy atom. The monoisotopic (exact) mass is 294 g/mol. The van der Waals surface area contributed by atoms with E-state index in [1.165, 1.54) is 6.92 Å². The third-order valence-electron chi connectivity index (χ3n) is 2.27.